The molecule has 1 aromatic rings. The van der Waals surface area contributed by atoms with Gasteiger partial charge in [-0.1, -0.05) is 6.92 Å². The van der Waals surface area contributed by atoms with E-state index in [0.29, 0.717) is 0 Å². The largest absolute Gasteiger partial charge is 0.393 e. The van der Waals surface area contributed by atoms with Crippen molar-refractivity contribution < 1.29 is 5.11 Å². The first kappa shape index (κ1) is 9.74. The van der Waals surface area contributed by atoms with Crippen LogP contribution in [0.5, 0.6) is 0 Å². The first-order valence-electron chi connectivity index (χ1n) is 3.90. The van der Waals surface area contributed by atoms with Crippen LogP contribution in [0.25, 0.3) is 0 Å². The number of rotatable bonds is 2. The van der Waals surface area contributed by atoms with Crippen molar-refractivity contribution in [1.82, 2.24) is 9.78 Å². The van der Waals surface area contributed by atoms with Gasteiger partial charge in [-0.05, 0) is 28.9 Å². The van der Waals surface area contributed by atoms with E-state index < -0.39 is 0 Å². The Balaban J connectivity index is 2.94. The topological polar surface area (TPSA) is 38.1 Å². The number of aryl methyl sites for hydroxylation is 1. The second-order valence-corrected chi connectivity index (χ2v) is 3.86. The van der Waals surface area contributed by atoms with Crippen LogP contribution in [0.2, 0.25) is 0 Å². The molecule has 1 N–H and O–H groups in total. The third-order valence-corrected chi connectivity index (χ3v) is 2.46. The van der Waals surface area contributed by atoms with Crippen LogP contribution < -0.4 is 0 Å². The Kier molecular flexibility index (Phi) is 2.90. The van der Waals surface area contributed by atoms with Crippen LogP contribution in [-0.2, 0) is 7.05 Å². The highest BCUT2D eigenvalue weighted by atomic mass is 79.9. The fraction of sp³-hybridized carbons (Fsp3) is 0.625. The van der Waals surface area contributed by atoms with Crippen molar-refractivity contribution in [2.45, 2.75) is 25.9 Å². The maximum absolute atomic E-state index is 9.35. The predicted octanol–water partition coefficient (Wildman–Crippen LogP) is 1.67. The molecule has 3 nitrogen and oxygen atoms in total. The van der Waals surface area contributed by atoms with E-state index >= 15 is 0 Å². The van der Waals surface area contributed by atoms with Gasteiger partial charge in [0.05, 0.1) is 6.10 Å². The van der Waals surface area contributed by atoms with Gasteiger partial charge in [-0.25, -0.2) is 0 Å². The SMILES string of the molecule is CC(O)C(C)c1cc(Br)nn1C. The molecule has 2 unspecified atom stereocenters. The molecule has 0 aliphatic carbocycles. The monoisotopic (exact) mass is 232 g/mol. The molecule has 0 aromatic carbocycles. The van der Waals surface area contributed by atoms with Crippen molar-refractivity contribution >= 4 is 15.9 Å². The quantitative estimate of drug-likeness (QED) is 0.843. The van der Waals surface area contributed by atoms with Crippen molar-refractivity contribution in [3.05, 3.63) is 16.4 Å². The zero-order chi connectivity index (χ0) is 9.30. The van der Waals surface area contributed by atoms with E-state index in [9.17, 15) is 5.11 Å². The Morgan fingerprint density at radius 2 is 2.17 bits per heavy atom. The highest BCUT2D eigenvalue weighted by Crippen LogP contribution is 2.21. The number of hydrogen-bond acceptors (Lipinski definition) is 2. The molecule has 0 aliphatic rings. The normalized spacial score (nSPS) is 16.1. The Morgan fingerprint density at radius 3 is 2.50 bits per heavy atom. The van der Waals surface area contributed by atoms with Crippen LogP contribution in [0, 0.1) is 0 Å². The molecule has 0 spiro atoms. The van der Waals surface area contributed by atoms with Crippen LogP contribution in [0.3, 0.4) is 0 Å². The standard InChI is InChI=1S/C8H13BrN2O/c1-5(6(2)12)7-4-8(9)10-11(7)3/h4-6,12H,1-3H3. The zero-order valence-corrected chi connectivity index (χ0v) is 9.04. The molecule has 12 heavy (non-hydrogen) atoms. The van der Waals surface area contributed by atoms with E-state index in [2.05, 4.69) is 21.0 Å². The van der Waals surface area contributed by atoms with Gasteiger partial charge in [0.15, 0.2) is 0 Å². The Labute approximate surface area is 80.5 Å². The summed E-state index contributed by atoms with van der Waals surface area (Å²) in [5, 5.41) is 13.5. The second-order valence-electron chi connectivity index (χ2n) is 3.04. The summed E-state index contributed by atoms with van der Waals surface area (Å²) >= 11 is 3.29. The summed E-state index contributed by atoms with van der Waals surface area (Å²) in [5.74, 6) is 0.119. The predicted molar refractivity (Wildman–Crippen MR) is 51.0 cm³/mol. The molecule has 1 aromatic heterocycles. The van der Waals surface area contributed by atoms with Crippen molar-refractivity contribution in [3.63, 3.8) is 0 Å². The Morgan fingerprint density at radius 1 is 1.58 bits per heavy atom. The molecule has 0 saturated heterocycles. The first-order chi connectivity index (χ1) is 5.52. The molecule has 0 radical (unpaired) electrons. The third-order valence-electron chi connectivity index (χ3n) is 2.08. The molecule has 0 saturated carbocycles. The summed E-state index contributed by atoms with van der Waals surface area (Å²) in [4.78, 5) is 0. The number of aromatic nitrogens is 2. The molecular formula is C8H13BrN2O. The van der Waals surface area contributed by atoms with Crippen LogP contribution in [0.1, 0.15) is 25.5 Å². The summed E-state index contributed by atoms with van der Waals surface area (Å²) in [6.07, 6.45) is -0.340. The van der Waals surface area contributed by atoms with Gasteiger partial charge < -0.3 is 5.11 Å². The summed E-state index contributed by atoms with van der Waals surface area (Å²) in [5.41, 5.74) is 1.04. The first-order valence-corrected chi connectivity index (χ1v) is 4.69. The van der Waals surface area contributed by atoms with Crippen molar-refractivity contribution in [1.29, 1.82) is 0 Å². The molecular weight excluding hydrogens is 220 g/mol. The molecule has 0 bridgehead atoms. The highest BCUT2D eigenvalue weighted by Gasteiger charge is 2.15. The lowest BCUT2D eigenvalue weighted by Crippen LogP contribution is -2.14. The van der Waals surface area contributed by atoms with Gasteiger partial charge in [-0.15, -0.1) is 0 Å². The van der Waals surface area contributed by atoms with Gasteiger partial charge in [0.1, 0.15) is 4.60 Å². The highest BCUT2D eigenvalue weighted by molar-refractivity contribution is 9.10. The van der Waals surface area contributed by atoms with Crippen LogP contribution in [0.15, 0.2) is 10.7 Å². The van der Waals surface area contributed by atoms with Crippen LogP contribution >= 0.6 is 15.9 Å². The molecule has 0 fully saturated rings. The Bertz CT molecular complexity index is 270. The van der Waals surface area contributed by atoms with E-state index in [1.165, 1.54) is 0 Å². The van der Waals surface area contributed by atoms with Gasteiger partial charge >= 0.3 is 0 Å². The number of halogens is 1. The molecule has 4 heteroatoms. The lowest BCUT2D eigenvalue weighted by Gasteiger charge is -2.14. The van der Waals surface area contributed by atoms with Crippen LogP contribution in [0.4, 0.5) is 0 Å². The average Bonchev–Trinajstić information content (AvgIpc) is 2.28. The minimum atomic E-state index is -0.340. The van der Waals surface area contributed by atoms with Crippen LogP contribution in [-0.4, -0.2) is 21.0 Å². The van der Waals surface area contributed by atoms with Gasteiger partial charge in [-0.2, -0.15) is 5.10 Å². The van der Waals surface area contributed by atoms with E-state index in [4.69, 9.17) is 0 Å². The van der Waals surface area contributed by atoms with Crippen molar-refractivity contribution in [2.24, 2.45) is 7.05 Å². The summed E-state index contributed by atoms with van der Waals surface area (Å²) in [6, 6.07) is 1.93. The summed E-state index contributed by atoms with van der Waals surface area (Å²) < 4.78 is 2.59. The third kappa shape index (κ3) is 1.87. The van der Waals surface area contributed by atoms with Gasteiger partial charge in [-0.3, -0.25) is 4.68 Å². The molecule has 2 atom stereocenters. The number of hydrogen-bond donors (Lipinski definition) is 1. The van der Waals surface area contributed by atoms with E-state index in [-0.39, 0.29) is 12.0 Å². The molecule has 1 heterocycles. The van der Waals surface area contributed by atoms with Gasteiger partial charge in [0, 0.05) is 18.7 Å². The van der Waals surface area contributed by atoms with E-state index in [1.807, 2.05) is 20.0 Å². The smallest absolute Gasteiger partial charge is 0.128 e. The fourth-order valence-corrected chi connectivity index (χ4v) is 1.59. The van der Waals surface area contributed by atoms with Gasteiger partial charge in [0.25, 0.3) is 0 Å². The van der Waals surface area contributed by atoms with E-state index in [0.717, 1.165) is 10.3 Å². The van der Waals surface area contributed by atoms with Crippen molar-refractivity contribution in [3.8, 4) is 0 Å². The summed E-state index contributed by atoms with van der Waals surface area (Å²) in [6.45, 7) is 3.76. The number of nitrogens with zero attached hydrogens (tertiary/aromatic N) is 2. The molecule has 0 aliphatic heterocycles. The minimum absolute atomic E-state index is 0.119. The molecule has 1 rings (SSSR count). The maximum Gasteiger partial charge on any atom is 0.128 e. The lowest BCUT2D eigenvalue weighted by atomic mass is 10.0. The van der Waals surface area contributed by atoms with E-state index in [1.54, 1.807) is 11.6 Å². The maximum atomic E-state index is 9.35. The Hall–Kier alpha value is -0.350. The van der Waals surface area contributed by atoms with Crippen molar-refractivity contribution in [2.75, 3.05) is 0 Å². The van der Waals surface area contributed by atoms with Gasteiger partial charge in [0.2, 0.25) is 0 Å². The zero-order valence-electron chi connectivity index (χ0n) is 7.45. The number of aliphatic hydroxyl groups excluding tert-OH is 1. The molecule has 68 valence electrons. The second kappa shape index (κ2) is 3.58. The summed E-state index contributed by atoms with van der Waals surface area (Å²) in [7, 11) is 1.87. The average molecular weight is 233 g/mol. The fourth-order valence-electron chi connectivity index (χ4n) is 1.12. The molecule has 0 amide bonds. The number of aliphatic hydroxyl groups is 1. The lowest BCUT2D eigenvalue weighted by molar-refractivity contribution is 0.165. The minimum Gasteiger partial charge on any atom is -0.393 e.